The Morgan fingerprint density at radius 1 is 1.08 bits per heavy atom. The number of hydrogen-bond acceptors (Lipinski definition) is 4. The monoisotopic (exact) mass is 371 g/mol. The molecule has 0 aliphatic rings. The van der Waals surface area contributed by atoms with Crippen molar-refractivity contribution in [3.05, 3.63) is 58.7 Å². The first-order valence-electron chi connectivity index (χ1n) is 8.64. The van der Waals surface area contributed by atoms with E-state index >= 15 is 0 Å². The number of esters is 1. The molecule has 0 aromatic heterocycles. The number of aryl methyl sites for hydroxylation is 4. The lowest BCUT2D eigenvalue weighted by molar-refractivity contribution is -0.144. The van der Waals surface area contributed by atoms with Gasteiger partial charge in [-0.3, -0.25) is 9.59 Å². The van der Waals surface area contributed by atoms with Crippen LogP contribution in [0.25, 0.3) is 0 Å². The van der Waals surface area contributed by atoms with E-state index in [9.17, 15) is 9.59 Å². The zero-order valence-electron chi connectivity index (χ0n) is 15.7. The van der Waals surface area contributed by atoms with Gasteiger partial charge in [0.2, 0.25) is 0 Å². The Morgan fingerprint density at radius 3 is 2.54 bits per heavy atom. The summed E-state index contributed by atoms with van der Waals surface area (Å²) in [6, 6.07) is 12.0. The van der Waals surface area contributed by atoms with Gasteiger partial charge in [0, 0.05) is 10.6 Å². The van der Waals surface area contributed by atoms with Gasteiger partial charge in [-0.2, -0.15) is 0 Å². The van der Waals surface area contributed by atoms with Gasteiger partial charge in [-0.05, 0) is 49.9 Å². The van der Waals surface area contributed by atoms with Crippen molar-refractivity contribution in [2.24, 2.45) is 0 Å². The molecule has 0 aliphatic carbocycles. The molecule has 0 heterocycles. The topological polar surface area (TPSA) is 55.4 Å². The van der Waals surface area contributed by atoms with E-state index in [0.29, 0.717) is 0 Å². The molecule has 4 nitrogen and oxygen atoms in total. The predicted molar refractivity (Wildman–Crippen MR) is 107 cm³/mol. The fourth-order valence-electron chi connectivity index (χ4n) is 2.66. The summed E-state index contributed by atoms with van der Waals surface area (Å²) in [6.07, 6.45) is 0.823. The van der Waals surface area contributed by atoms with E-state index < -0.39 is 5.97 Å². The number of para-hydroxylation sites is 1. The zero-order valence-corrected chi connectivity index (χ0v) is 16.5. The van der Waals surface area contributed by atoms with E-state index in [-0.39, 0.29) is 18.3 Å². The SMILES string of the molecule is CCc1cccc(C)c1NC(=O)COC(=O)CSc1ccc(C)cc1C. The van der Waals surface area contributed by atoms with Gasteiger partial charge in [0.25, 0.3) is 5.91 Å². The third kappa shape index (κ3) is 5.63. The molecule has 138 valence electrons. The minimum absolute atomic E-state index is 0.182. The first-order valence-corrected chi connectivity index (χ1v) is 9.63. The molecule has 1 amide bonds. The summed E-state index contributed by atoms with van der Waals surface area (Å²) < 4.78 is 5.10. The van der Waals surface area contributed by atoms with Gasteiger partial charge < -0.3 is 10.1 Å². The summed E-state index contributed by atoms with van der Waals surface area (Å²) in [5.41, 5.74) is 5.19. The number of anilines is 1. The second-order valence-corrected chi connectivity index (χ2v) is 7.25. The molecule has 1 N–H and O–H groups in total. The summed E-state index contributed by atoms with van der Waals surface area (Å²) in [4.78, 5) is 25.1. The van der Waals surface area contributed by atoms with E-state index in [4.69, 9.17) is 4.74 Å². The van der Waals surface area contributed by atoms with Crippen molar-refractivity contribution >= 4 is 29.3 Å². The Kier molecular flexibility index (Phi) is 7.27. The lowest BCUT2D eigenvalue weighted by Gasteiger charge is -2.13. The van der Waals surface area contributed by atoms with Crippen molar-refractivity contribution in [3.63, 3.8) is 0 Å². The molecule has 0 saturated carbocycles. The maximum atomic E-state index is 12.1. The van der Waals surface area contributed by atoms with Crippen LogP contribution in [0, 0.1) is 20.8 Å². The van der Waals surface area contributed by atoms with E-state index in [1.807, 2.05) is 58.0 Å². The molecule has 2 aromatic rings. The molecule has 0 fully saturated rings. The highest BCUT2D eigenvalue weighted by Crippen LogP contribution is 2.23. The van der Waals surface area contributed by atoms with Crippen LogP contribution in [0.3, 0.4) is 0 Å². The van der Waals surface area contributed by atoms with Gasteiger partial charge in [0.1, 0.15) is 0 Å². The smallest absolute Gasteiger partial charge is 0.316 e. The largest absolute Gasteiger partial charge is 0.455 e. The van der Waals surface area contributed by atoms with E-state index in [1.165, 1.54) is 17.3 Å². The third-order valence-electron chi connectivity index (χ3n) is 4.04. The maximum Gasteiger partial charge on any atom is 0.316 e. The molecule has 0 aliphatic heterocycles. The lowest BCUT2D eigenvalue weighted by Crippen LogP contribution is -2.22. The van der Waals surface area contributed by atoms with Crippen molar-refractivity contribution in [1.29, 1.82) is 0 Å². The minimum Gasteiger partial charge on any atom is -0.455 e. The number of hydrogen-bond donors (Lipinski definition) is 1. The summed E-state index contributed by atoms with van der Waals surface area (Å²) in [5.74, 6) is -0.536. The van der Waals surface area contributed by atoms with Crippen LogP contribution in [0.2, 0.25) is 0 Å². The average molecular weight is 372 g/mol. The van der Waals surface area contributed by atoms with E-state index in [1.54, 1.807) is 0 Å². The van der Waals surface area contributed by atoms with Gasteiger partial charge in [0.15, 0.2) is 6.61 Å². The van der Waals surface area contributed by atoms with E-state index in [0.717, 1.165) is 33.7 Å². The molecule has 2 rings (SSSR count). The van der Waals surface area contributed by atoms with Crippen LogP contribution >= 0.6 is 11.8 Å². The molecule has 0 radical (unpaired) electrons. The van der Waals surface area contributed by atoms with Crippen LogP contribution in [0.1, 0.15) is 29.2 Å². The highest BCUT2D eigenvalue weighted by atomic mass is 32.2. The Labute approximate surface area is 159 Å². The molecule has 26 heavy (non-hydrogen) atoms. The number of carbonyl (C=O) groups excluding carboxylic acids is 2. The van der Waals surface area contributed by atoms with Gasteiger partial charge >= 0.3 is 5.97 Å². The Morgan fingerprint density at radius 2 is 1.85 bits per heavy atom. The fourth-order valence-corrected chi connectivity index (χ4v) is 3.47. The summed E-state index contributed by atoms with van der Waals surface area (Å²) in [6.45, 7) is 7.76. The summed E-state index contributed by atoms with van der Waals surface area (Å²) in [5, 5.41) is 2.85. The zero-order chi connectivity index (χ0) is 19.1. The van der Waals surface area contributed by atoms with Crippen LogP contribution in [-0.2, 0) is 20.7 Å². The number of benzene rings is 2. The molecule has 0 atom stereocenters. The van der Waals surface area contributed by atoms with Crippen molar-refractivity contribution in [2.75, 3.05) is 17.7 Å². The van der Waals surface area contributed by atoms with Gasteiger partial charge in [-0.25, -0.2) is 0 Å². The first kappa shape index (κ1) is 20.0. The summed E-state index contributed by atoms with van der Waals surface area (Å²) in [7, 11) is 0. The number of thioether (sulfide) groups is 1. The standard InChI is InChI=1S/C21H25NO3S/c1-5-17-8-6-7-15(3)21(17)22-19(23)12-25-20(24)13-26-18-10-9-14(2)11-16(18)4/h6-11H,5,12-13H2,1-4H3,(H,22,23). The average Bonchev–Trinajstić information content (AvgIpc) is 2.61. The Bertz CT molecular complexity index is 802. The second-order valence-electron chi connectivity index (χ2n) is 6.23. The fraction of sp³-hybridized carbons (Fsp3) is 0.333. The second kappa shape index (κ2) is 9.43. The Balaban J connectivity index is 1.83. The number of ether oxygens (including phenoxy) is 1. The van der Waals surface area contributed by atoms with Crippen LogP contribution in [0.5, 0.6) is 0 Å². The molecule has 5 heteroatoms. The minimum atomic E-state index is -0.398. The molecule has 0 bridgehead atoms. The van der Waals surface area contributed by atoms with Crippen LogP contribution in [0.4, 0.5) is 5.69 Å². The van der Waals surface area contributed by atoms with Gasteiger partial charge in [-0.1, -0.05) is 42.8 Å². The Hall–Kier alpha value is -2.27. The van der Waals surface area contributed by atoms with Crippen molar-refractivity contribution in [1.82, 2.24) is 0 Å². The highest BCUT2D eigenvalue weighted by molar-refractivity contribution is 8.00. The van der Waals surface area contributed by atoms with Crippen molar-refractivity contribution in [3.8, 4) is 0 Å². The van der Waals surface area contributed by atoms with E-state index in [2.05, 4.69) is 11.4 Å². The highest BCUT2D eigenvalue weighted by Gasteiger charge is 2.12. The lowest BCUT2D eigenvalue weighted by atomic mass is 10.1. The number of amides is 1. The first-order chi connectivity index (χ1) is 12.4. The van der Waals surface area contributed by atoms with Crippen LogP contribution < -0.4 is 5.32 Å². The normalized spacial score (nSPS) is 10.5. The van der Waals surface area contributed by atoms with Gasteiger partial charge in [0.05, 0.1) is 5.75 Å². The third-order valence-corrected chi connectivity index (χ3v) is 5.19. The molecule has 0 spiro atoms. The molecule has 0 unspecified atom stereocenters. The molecular formula is C21H25NO3S. The molecule has 0 saturated heterocycles. The van der Waals surface area contributed by atoms with Crippen LogP contribution in [-0.4, -0.2) is 24.2 Å². The number of nitrogens with one attached hydrogen (secondary N) is 1. The van der Waals surface area contributed by atoms with Crippen LogP contribution in [0.15, 0.2) is 41.3 Å². The number of rotatable bonds is 7. The predicted octanol–water partition coefficient (Wildman–Crippen LogP) is 4.45. The van der Waals surface area contributed by atoms with Crippen molar-refractivity contribution < 1.29 is 14.3 Å². The number of carbonyl (C=O) groups is 2. The van der Waals surface area contributed by atoms with Gasteiger partial charge in [-0.15, -0.1) is 11.8 Å². The molecular weight excluding hydrogens is 346 g/mol. The van der Waals surface area contributed by atoms with Crippen molar-refractivity contribution in [2.45, 2.75) is 39.0 Å². The summed E-state index contributed by atoms with van der Waals surface area (Å²) >= 11 is 1.42. The molecule has 2 aromatic carbocycles. The maximum absolute atomic E-state index is 12.1. The quantitative estimate of drug-likeness (QED) is 0.577.